The van der Waals surface area contributed by atoms with Crippen LogP contribution in [-0.2, 0) is 53.1 Å². The standard InChI is InChI=1S/C49H60N2O10/c1-8-50(9-2)35-17-15-32(16-18-35)31-37-44(55)60-49(61-45(37)56)28-23-34(24-29-49)46(4,5)33-21-26-48(27-22-33)58-42(53)36(43(54)59-48)19-20-40-47(6,7)38-13-11-12-14-39(38)51(40)30-25-41(52)57-10-3/h11-20,31,33-34H,8-10,21-30H2,1-7H3. The third-order valence-electron chi connectivity index (χ3n) is 14.0. The number of rotatable bonds is 11. The zero-order chi connectivity index (χ0) is 43.7. The highest BCUT2D eigenvalue weighted by molar-refractivity contribution is 6.19. The molecule has 3 heterocycles. The average Bonchev–Trinajstić information content (AvgIpc) is 3.44. The molecule has 0 unspecified atom stereocenters. The number of para-hydroxylation sites is 1. The molecule has 2 saturated carbocycles. The van der Waals surface area contributed by atoms with Crippen LogP contribution in [0.4, 0.5) is 11.4 Å². The smallest absolute Gasteiger partial charge is 0.348 e. The number of hydrogen-bond donors (Lipinski definition) is 0. The maximum absolute atomic E-state index is 13.5. The molecule has 0 N–H and O–H groups in total. The molecular formula is C49H60N2O10. The van der Waals surface area contributed by atoms with Crippen molar-refractivity contribution in [2.45, 2.75) is 123 Å². The summed E-state index contributed by atoms with van der Waals surface area (Å²) in [6.45, 7) is 17.0. The van der Waals surface area contributed by atoms with Gasteiger partial charge in [0, 0.05) is 67.8 Å². The van der Waals surface area contributed by atoms with Crippen LogP contribution in [0.5, 0.6) is 0 Å². The van der Waals surface area contributed by atoms with Gasteiger partial charge in [-0.3, -0.25) is 4.79 Å². The molecule has 326 valence electrons. The lowest BCUT2D eigenvalue weighted by Gasteiger charge is -2.50. The van der Waals surface area contributed by atoms with Crippen molar-refractivity contribution in [2.75, 3.05) is 36.0 Å². The Balaban J connectivity index is 0.951. The molecule has 5 aliphatic rings. The normalized spacial score (nSPS) is 26.7. The minimum absolute atomic E-state index is 0.109. The van der Waals surface area contributed by atoms with E-state index >= 15 is 0 Å². The van der Waals surface area contributed by atoms with Gasteiger partial charge in [0.2, 0.25) is 0 Å². The molecule has 2 spiro atoms. The molecule has 12 nitrogen and oxygen atoms in total. The van der Waals surface area contributed by atoms with Gasteiger partial charge in [0.15, 0.2) is 0 Å². The van der Waals surface area contributed by atoms with Crippen LogP contribution in [0.2, 0.25) is 0 Å². The minimum atomic E-state index is -1.32. The second-order valence-corrected chi connectivity index (χ2v) is 18.1. The van der Waals surface area contributed by atoms with Crippen LogP contribution in [0.15, 0.2) is 77.5 Å². The van der Waals surface area contributed by atoms with Crippen molar-refractivity contribution in [3.63, 3.8) is 0 Å². The maximum atomic E-state index is 13.5. The van der Waals surface area contributed by atoms with E-state index in [-0.39, 0.29) is 40.8 Å². The second kappa shape index (κ2) is 17.2. The van der Waals surface area contributed by atoms with Crippen molar-refractivity contribution in [2.24, 2.45) is 17.3 Å². The lowest BCUT2D eigenvalue weighted by molar-refractivity contribution is -0.252. The van der Waals surface area contributed by atoms with Gasteiger partial charge in [-0.15, -0.1) is 0 Å². The Morgan fingerprint density at radius 3 is 1.77 bits per heavy atom. The van der Waals surface area contributed by atoms with Crippen LogP contribution in [-0.4, -0.2) is 67.7 Å². The number of hydrogen-bond acceptors (Lipinski definition) is 12. The van der Waals surface area contributed by atoms with Crippen LogP contribution in [0, 0.1) is 17.3 Å². The Morgan fingerprint density at radius 1 is 0.754 bits per heavy atom. The Hall–Kier alpha value is -5.39. The van der Waals surface area contributed by atoms with Crippen molar-refractivity contribution in [1.29, 1.82) is 0 Å². The van der Waals surface area contributed by atoms with E-state index in [2.05, 4.69) is 46.4 Å². The monoisotopic (exact) mass is 836 g/mol. The molecule has 3 aliphatic heterocycles. The van der Waals surface area contributed by atoms with Crippen LogP contribution >= 0.6 is 0 Å². The molecule has 7 rings (SSSR count). The highest BCUT2D eigenvalue weighted by Crippen LogP contribution is 2.54. The van der Waals surface area contributed by atoms with E-state index in [1.807, 2.05) is 53.4 Å². The van der Waals surface area contributed by atoms with Gasteiger partial charge in [-0.05, 0) is 111 Å². The predicted molar refractivity (Wildman–Crippen MR) is 230 cm³/mol. The highest BCUT2D eigenvalue weighted by atomic mass is 16.8. The summed E-state index contributed by atoms with van der Waals surface area (Å²) in [6.07, 6.45) is 9.32. The lowest BCUT2D eigenvalue weighted by Crippen LogP contribution is -2.52. The summed E-state index contributed by atoms with van der Waals surface area (Å²) < 4.78 is 28.9. The Kier molecular flexibility index (Phi) is 12.3. The van der Waals surface area contributed by atoms with E-state index in [1.165, 1.54) is 12.2 Å². The van der Waals surface area contributed by atoms with Gasteiger partial charge in [0.05, 0.1) is 13.0 Å². The van der Waals surface area contributed by atoms with Gasteiger partial charge in [0.25, 0.3) is 11.6 Å². The largest absolute Gasteiger partial charge is 0.466 e. The summed E-state index contributed by atoms with van der Waals surface area (Å²) in [4.78, 5) is 70.1. The van der Waals surface area contributed by atoms with E-state index in [0.29, 0.717) is 64.5 Å². The van der Waals surface area contributed by atoms with Crippen LogP contribution in [0.25, 0.3) is 6.08 Å². The fraction of sp³-hybridized carbons (Fsp3) is 0.531. The zero-order valence-electron chi connectivity index (χ0n) is 36.7. The second-order valence-electron chi connectivity index (χ2n) is 18.1. The SMILES string of the molecule is CCOC(=O)CCN1C(=CC=C2C(=O)OC3(CCC(C(C)(C)C4CCC5(CC4)OC(=O)C(=Cc4ccc(N(CC)CC)cc4)C(=O)O5)CC3)OC2=O)C(C)(C)c2ccccc21. The van der Waals surface area contributed by atoms with E-state index in [4.69, 9.17) is 23.7 Å². The summed E-state index contributed by atoms with van der Waals surface area (Å²) in [5.41, 5.74) is 3.75. The van der Waals surface area contributed by atoms with E-state index in [9.17, 15) is 24.0 Å². The Bertz CT molecular complexity index is 2080. The topological polar surface area (TPSA) is 138 Å². The quantitative estimate of drug-likeness (QED) is 0.0929. The van der Waals surface area contributed by atoms with Crippen LogP contribution in [0.1, 0.15) is 117 Å². The van der Waals surface area contributed by atoms with Gasteiger partial charge in [-0.2, -0.15) is 0 Å². The molecule has 4 fully saturated rings. The third kappa shape index (κ3) is 8.60. The fourth-order valence-electron chi connectivity index (χ4n) is 10.2. The lowest BCUT2D eigenvalue weighted by atomic mass is 9.60. The molecule has 0 atom stereocenters. The molecule has 0 amide bonds. The van der Waals surface area contributed by atoms with Crippen molar-refractivity contribution >= 4 is 47.3 Å². The molecule has 2 aromatic carbocycles. The van der Waals surface area contributed by atoms with Crippen LogP contribution < -0.4 is 9.80 Å². The van der Waals surface area contributed by atoms with Gasteiger partial charge in [0.1, 0.15) is 11.1 Å². The van der Waals surface area contributed by atoms with Crippen molar-refractivity contribution in [3.05, 3.63) is 88.7 Å². The number of nitrogens with zero attached hydrogens (tertiary/aromatic N) is 2. The van der Waals surface area contributed by atoms with Crippen LogP contribution in [0.3, 0.4) is 0 Å². The molecule has 12 heteroatoms. The summed E-state index contributed by atoms with van der Waals surface area (Å²) in [5, 5.41) is 0. The number of esters is 5. The average molecular weight is 837 g/mol. The highest BCUT2D eigenvalue weighted by Gasteiger charge is 2.54. The first-order chi connectivity index (χ1) is 29.0. The van der Waals surface area contributed by atoms with Gasteiger partial charge in [-0.1, -0.05) is 58.0 Å². The number of carbonyl (C=O) groups excluding carboxylic acids is 5. The summed E-state index contributed by atoms with van der Waals surface area (Å²) in [5.74, 6) is -5.12. The number of carbonyl (C=O) groups is 5. The Morgan fingerprint density at radius 2 is 1.26 bits per heavy atom. The van der Waals surface area contributed by atoms with Gasteiger partial charge < -0.3 is 33.5 Å². The first kappa shape index (κ1) is 43.7. The minimum Gasteiger partial charge on any atom is -0.466 e. The first-order valence-electron chi connectivity index (χ1n) is 22.0. The molecule has 2 aliphatic carbocycles. The number of ether oxygens (including phenoxy) is 5. The zero-order valence-corrected chi connectivity index (χ0v) is 36.7. The predicted octanol–water partition coefficient (Wildman–Crippen LogP) is 8.48. The molecule has 2 aromatic rings. The van der Waals surface area contributed by atoms with Gasteiger partial charge in [-0.25, -0.2) is 19.2 Å². The first-order valence-corrected chi connectivity index (χ1v) is 22.0. The molecule has 0 aromatic heterocycles. The molecular weight excluding hydrogens is 777 g/mol. The van der Waals surface area contributed by atoms with E-state index < -0.39 is 40.9 Å². The molecule has 0 bridgehead atoms. The molecule has 0 radical (unpaired) electrons. The molecule has 2 saturated heterocycles. The maximum Gasteiger partial charge on any atom is 0.348 e. The van der Waals surface area contributed by atoms with E-state index in [0.717, 1.165) is 41.3 Å². The van der Waals surface area contributed by atoms with Crippen molar-refractivity contribution in [1.82, 2.24) is 0 Å². The van der Waals surface area contributed by atoms with Gasteiger partial charge >= 0.3 is 29.8 Å². The number of benzene rings is 2. The number of fused-ring (bicyclic) bond motifs is 1. The third-order valence-corrected chi connectivity index (χ3v) is 14.0. The van der Waals surface area contributed by atoms with E-state index in [1.54, 1.807) is 13.0 Å². The summed E-state index contributed by atoms with van der Waals surface area (Å²) >= 11 is 0. The number of anilines is 2. The Labute approximate surface area is 359 Å². The molecule has 61 heavy (non-hydrogen) atoms. The van der Waals surface area contributed by atoms with Crippen molar-refractivity contribution < 1.29 is 47.7 Å². The van der Waals surface area contributed by atoms with Crippen molar-refractivity contribution in [3.8, 4) is 0 Å². The summed E-state index contributed by atoms with van der Waals surface area (Å²) in [7, 11) is 0. The fourth-order valence-corrected chi connectivity index (χ4v) is 10.2. The summed E-state index contributed by atoms with van der Waals surface area (Å²) in [6, 6.07) is 15.7. The number of allylic oxidation sites excluding steroid dienone is 3.